The monoisotopic (exact) mass is 295 g/mol. The molecule has 1 aliphatic heterocycles. The third-order valence-corrected chi connectivity index (χ3v) is 5.98. The topological polar surface area (TPSA) is 57.6 Å². The third kappa shape index (κ3) is 3.58. The molecule has 0 spiro atoms. The lowest BCUT2D eigenvalue weighted by Crippen LogP contribution is -2.47. The van der Waals surface area contributed by atoms with Crippen LogP contribution in [0.4, 0.5) is 0 Å². The summed E-state index contributed by atoms with van der Waals surface area (Å²) in [5, 5.41) is 9.15. The van der Waals surface area contributed by atoms with Crippen molar-refractivity contribution in [2.75, 3.05) is 13.1 Å². The first-order chi connectivity index (χ1) is 9.83. The van der Waals surface area contributed by atoms with Gasteiger partial charge in [0.2, 0.25) is 5.91 Å². The van der Waals surface area contributed by atoms with Crippen molar-refractivity contribution in [3.8, 4) is 0 Å². The summed E-state index contributed by atoms with van der Waals surface area (Å²) >= 11 is 0. The van der Waals surface area contributed by atoms with E-state index in [1.807, 2.05) is 4.90 Å². The molecule has 0 aromatic carbocycles. The number of carbonyl (C=O) groups is 2. The maximum absolute atomic E-state index is 12.6. The molecule has 1 heterocycles. The van der Waals surface area contributed by atoms with Crippen molar-refractivity contribution in [2.24, 2.45) is 23.2 Å². The van der Waals surface area contributed by atoms with E-state index in [1.165, 1.54) is 0 Å². The van der Waals surface area contributed by atoms with Crippen LogP contribution < -0.4 is 0 Å². The predicted molar refractivity (Wildman–Crippen MR) is 81.8 cm³/mol. The summed E-state index contributed by atoms with van der Waals surface area (Å²) in [5.74, 6) is -0.284. The third-order valence-electron chi connectivity index (χ3n) is 5.98. The minimum Gasteiger partial charge on any atom is -0.481 e. The maximum atomic E-state index is 12.6. The lowest BCUT2D eigenvalue weighted by molar-refractivity contribution is -0.146. The highest BCUT2D eigenvalue weighted by Crippen LogP contribution is 2.39. The summed E-state index contributed by atoms with van der Waals surface area (Å²) in [6.45, 7) is 8.51. The summed E-state index contributed by atoms with van der Waals surface area (Å²) in [7, 11) is 0. The molecule has 4 heteroatoms. The van der Waals surface area contributed by atoms with Crippen LogP contribution in [0.5, 0.6) is 0 Å². The molecular weight excluding hydrogens is 266 g/mol. The molecule has 1 amide bonds. The Labute approximate surface area is 127 Å². The Hall–Kier alpha value is -1.06. The number of likely N-dealkylation sites (tertiary alicyclic amines) is 1. The molecule has 120 valence electrons. The van der Waals surface area contributed by atoms with E-state index < -0.39 is 5.97 Å². The van der Waals surface area contributed by atoms with Crippen molar-refractivity contribution in [3.05, 3.63) is 0 Å². The smallest absolute Gasteiger partial charge is 0.306 e. The van der Waals surface area contributed by atoms with Crippen molar-refractivity contribution in [1.82, 2.24) is 4.90 Å². The van der Waals surface area contributed by atoms with Crippen LogP contribution in [0.25, 0.3) is 0 Å². The van der Waals surface area contributed by atoms with E-state index >= 15 is 0 Å². The average molecular weight is 295 g/mol. The van der Waals surface area contributed by atoms with E-state index in [2.05, 4.69) is 20.8 Å². The largest absolute Gasteiger partial charge is 0.481 e. The molecule has 1 aliphatic carbocycles. The van der Waals surface area contributed by atoms with Crippen molar-refractivity contribution < 1.29 is 14.7 Å². The number of hydrogen-bond donors (Lipinski definition) is 1. The second-order valence-electron chi connectivity index (χ2n) is 7.53. The van der Waals surface area contributed by atoms with Gasteiger partial charge in [-0.3, -0.25) is 9.59 Å². The van der Waals surface area contributed by atoms with E-state index in [0.29, 0.717) is 17.8 Å². The fourth-order valence-electron chi connectivity index (χ4n) is 3.71. The SMILES string of the molecule is CC(C)C1(C)CCN(C(=O)C2CCCC(C(=O)O)C2)CC1. The lowest BCUT2D eigenvalue weighted by Gasteiger charge is -2.43. The molecule has 2 atom stereocenters. The van der Waals surface area contributed by atoms with Gasteiger partial charge in [-0.2, -0.15) is 0 Å². The molecule has 0 aromatic heterocycles. The average Bonchev–Trinajstić information content (AvgIpc) is 2.47. The summed E-state index contributed by atoms with van der Waals surface area (Å²) in [6.07, 6.45) is 5.11. The highest BCUT2D eigenvalue weighted by atomic mass is 16.4. The minimum atomic E-state index is -0.737. The highest BCUT2D eigenvalue weighted by Gasteiger charge is 2.38. The lowest BCUT2D eigenvalue weighted by atomic mass is 9.71. The second kappa shape index (κ2) is 6.37. The van der Waals surface area contributed by atoms with Gasteiger partial charge in [-0.1, -0.05) is 27.2 Å². The van der Waals surface area contributed by atoms with Crippen molar-refractivity contribution in [1.29, 1.82) is 0 Å². The number of rotatable bonds is 3. The van der Waals surface area contributed by atoms with E-state index in [0.717, 1.165) is 45.2 Å². The van der Waals surface area contributed by atoms with Gasteiger partial charge in [0, 0.05) is 19.0 Å². The normalized spacial score (nSPS) is 29.4. The molecule has 21 heavy (non-hydrogen) atoms. The fraction of sp³-hybridized carbons (Fsp3) is 0.882. The summed E-state index contributed by atoms with van der Waals surface area (Å²) < 4.78 is 0. The maximum Gasteiger partial charge on any atom is 0.306 e. The van der Waals surface area contributed by atoms with Crippen LogP contribution in [0, 0.1) is 23.2 Å². The number of hydrogen-bond acceptors (Lipinski definition) is 2. The first-order valence-electron chi connectivity index (χ1n) is 8.35. The Balaban J connectivity index is 1.91. The summed E-state index contributed by atoms with van der Waals surface area (Å²) in [4.78, 5) is 25.8. The number of amides is 1. The summed E-state index contributed by atoms with van der Waals surface area (Å²) in [5.41, 5.74) is 0.340. The number of carboxylic acid groups (broad SMARTS) is 1. The van der Waals surface area contributed by atoms with Gasteiger partial charge in [0.1, 0.15) is 0 Å². The van der Waals surface area contributed by atoms with Crippen molar-refractivity contribution in [3.63, 3.8) is 0 Å². The molecular formula is C17H29NO3. The first kappa shape index (κ1) is 16.3. The van der Waals surface area contributed by atoms with Crippen LogP contribution in [0.1, 0.15) is 59.3 Å². The Kier molecular flexibility index (Phi) is 4.95. The van der Waals surface area contributed by atoms with Crippen molar-refractivity contribution in [2.45, 2.75) is 59.3 Å². The molecule has 0 radical (unpaired) electrons. The second-order valence-corrected chi connectivity index (χ2v) is 7.53. The molecule has 2 unspecified atom stereocenters. The zero-order valence-electron chi connectivity index (χ0n) is 13.6. The number of carboxylic acids is 1. The van der Waals surface area contributed by atoms with Crippen LogP contribution in [-0.4, -0.2) is 35.0 Å². The number of piperidine rings is 1. The van der Waals surface area contributed by atoms with Gasteiger partial charge in [-0.25, -0.2) is 0 Å². The Morgan fingerprint density at radius 3 is 2.24 bits per heavy atom. The Bertz CT molecular complexity index is 397. The van der Waals surface area contributed by atoms with Crippen LogP contribution in [0.2, 0.25) is 0 Å². The molecule has 1 saturated heterocycles. The number of aliphatic carboxylic acids is 1. The van der Waals surface area contributed by atoms with Gasteiger partial charge >= 0.3 is 5.97 Å². The molecule has 2 aliphatic rings. The zero-order valence-corrected chi connectivity index (χ0v) is 13.6. The molecule has 2 rings (SSSR count). The predicted octanol–water partition coefficient (Wildman–Crippen LogP) is 3.16. The number of nitrogens with zero attached hydrogens (tertiary/aromatic N) is 1. The van der Waals surface area contributed by atoms with Crippen LogP contribution in [0.3, 0.4) is 0 Å². The zero-order chi connectivity index (χ0) is 15.6. The standard InChI is InChI=1S/C17H29NO3/c1-12(2)17(3)7-9-18(10-8-17)15(19)13-5-4-6-14(11-13)16(20)21/h12-14H,4-11H2,1-3H3,(H,20,21). The quantitative estimate of drug-likeness (QED) is 0.870. The van der Waals surface area contributed by atoms with Crippen LogP contribution >= 0.6 is 0 Å². The highest BCUT2D eigenvalue weighted by molar-refractivity contribution is 5.80. The first-order valence-corrected chi connectivity index (χ1v) is 8.35. The molecule has 0 bridgehead atoms. The van der Waals surface area contributed by atoms with Gasteiger partial charge in [-0.15, -0.1) is 0 Å². The van der Waals surface area contributed by atoms with Crippen LogP contribution in [-0.2, 0) is 9.59 Å². The fourth-order valence-corrected chi connectivity index (χ4v) is 3.71. The Morgan fingerprint density at radius 1 is 1.14 bits per heavy atom. The molecule has 1 saturated carbocycles. The van der Waals surface area contributed by atoms with Gasteiger partial charge in [0.05, 0.1) is 5.92 Å². The molecule has 1 N–H and O–H groups in total. The van der Waals surface area contributed by atoms with E-state index in [1.54, 1.807) is 0 Å². The Morgan fingerprint density at radius 2 is 1.71 bits per heavy atom. The van der Waals surface area contributed by atoms with Gasteiger partial charge in [0.25, 0.3) is 0 Å². The van der Waals surface area contributed by atoms with Crippen molar-refractivity contribution >= 4 is 11.9 Å². The molecule has 4 nitrogen and oxygen atoms in total. The van der Waals surface area contributed by atoms with E-state index in [-0.39, 0.29) is 17.7 Å². The minimum absolute atomic E-state index is 0.0664. The summed E-state index contributed by atoms with van der Waals surface area (Å²) in [6, 6.07) is 0. The van der Waals surface area contributed by atoms with Gasteiger partial charge < -0.3 is 10.0 Å². The van der Waals surface area contributed by atoms with E-state index in [4.69, 9.17) is 5.11 Å². The number of carbonyl (C=O) groups excluding carboxylic acids is 1. The van der Waals surface area contributed by atoms with Gasteiger partial charge in [-0.05, 0) is 43.4 Å². The molecule has 0 aromatic rings. The van der Waals surface area contributed by atoms with E-state index in [9.17, 15) is 9.59 Å². The van der Waals surface area contributed by atoms with Gasteiger partial charge in [0.15, 0.2) is 0 Å². The van der Waals surface area contributed by atoms with Crippen LogP contribution in [0.15, 0.2) is 0 Å². The molecule has 2 fully saturated rings.